The van der Waals surface area contributed by atoms with Gasteiger partial charge in [-0.1, -0.05) is 12.1 Å². The number of phenols is 1. The van der Waals surface area contributed by atoms with E-state index in [4.69, 9.17) is 0 Å². The van der Waals surface area contributed by atoms with Gasteiger partial charge in [-0.2, -0.15) is 0 Å². The van der Waals surface area contributed by atoms with Crippen LogP contribution in [0.15, 0.2) is 35.7 Å². The van der Waals surface area contributed by atoms with Crippen LogP contribution in [0.4, 0.5) is 4.79 Å². The number of rotatable bonds is 2. The van der Waals surface area contributed by atoms with Crippen molar-refractivity contribution < 1.29 is 14.8 Å². The quantitative estimate of drug-likeness (QED) is 0.542. The summed E-state index contributed by atoms with van der Waals surface area (Å²) in [6.07, 6.45) is 0. The molecular weight excluding hydrogens is 238 g/mol. The zero-order chi connectivity index (χ0) is 13.3. The molecule has 1 heterocycles. The molecule has 0 spiro atoms. The van der Waals surface area contributed by atoms with Crippen LogP contribution in [0.5, 0.6) is 5.75 Å². The molecule has 0 unspecified atom stereocenters. The molecule has 0 radical (unpaired) electrons. The molecule has 1 aromatic carbocycles. The van der Waals surface area contributed by atoms with E-state index in [1.54, 1.807) is 0 Å². The van der Waals surface area contributed by atoms with Gasteiger partial charge in [-0.25, -0.2) is 4.79 Å². The lowest BCUT2D eigenvalue weighted by Crippen LogP contribution is -2.44. The van der Waals surface area contributed by atoms with Gasteiger partial charge in [-0.15, -0.1) is 0 Å². The first-order chi connectivity index (χ1) is 8.49. The second-order valence-corrected chi connectivity index (χ2v) is 3.89. The number of phenolic OH excluding ortho intramolecular Hbond substituents is 1. The number of urea groups is 1. The Labute approximate surface area is 102 Å². The molecule has 3 N–H and O–H groups in total. The molecule has 1 aliphatic rings. The summed E-state index contributed by atoms with van der Waals surface area (Å²) >= 11 is 0. The van der Waals surface area contributed by atoms with Crippen molar-refractivity contribution in [3.8, 4) is 5.75 Å². The third kappa shape index (κ3) is 2.10. The normalized spacial score (nSPS) is 19.2. The van der Waals surface area contributed by atoms with Crippen LogP contribution in [0.25, 0.3) is 0 Å². The molecule has 0 fully saturated rings. The molecule has 1 aromatic rings. The average Bonchev–Trinajstić information content (AvgIpc) is 2.28. The van der Waals surface area contributed by atoms with Gasteiger partial charge in [0.2, 0.25) is 0 Å². The first kappa shape index (κ1) is 11.9. The van der Waals surface area contributed by atoms with Crippen molar-refractivity contribution in [2.24, 2.45) is 0 Å². The smallest absolute Gasteiger partial charge is 0.320 e. The second kappa shape index (κ2) is 4.36. The van der Waals surface area contributed by atoms with Crippen molar-refractivity contribution in [2.75, 3.05) is 0 Å². The van der Waals surface area contributed by atoms with Crippen molar-refractivity contribution in [3.63, 3.8) is 0 Å². The fourth-order valence-corrected chi connectivity index (χ4v) is 1.84. The van der Waals surface area contributed by atoms with E-state index < -0.39 is 17.0 Å². The Morgan fingerprint density at radius 1 is 1.33 bits per heavy atom. The van der Waals surface area contributed by atoms with Gasteiger partial charge >= 0.3 is 6.03 Å². The molecule has 18 heavy (non-hydrogen) atoms. The van der Waals surface area contributed by atoms with E-state index >= 15 is 0 Å². The highest BCUT2D eigenvalue weighted by molar-refractivity contribution is 5.78. The summed E-state index contributed by atoms with van der Waals surface area (Å²) in [6, 6.07) is 4.57. The van der Waals surface area contributed by atoms with Crippen LogP contribution in [0.1, 0.15) is 18.5 Å². The third-order valence-corrected chi connectivity index (χ3v) is 2.66. The molecular formula is C11H11N3O4. The SMILES string of the molecule is CC1=C([N+](=O)[O-])[C@H](c2ccc(O)cc2)NC(=O)N1. The number of carbonyl (C=O) groups is 1. The lowest BCUT2D eigenvalue weighted by Gasteiger charge is -2.23. The first-order valence-corrected chi connectivity index (χ1v) is 5.20. The molecule has 2 amide bonds. The van der Waals surface area contributed by atoms with E-state index in [0.29, 0.717) is 5.56 Å². The molecule has 0 saturated carbocycles. The first-order valence-electron chi connectivity index (χ1n) is 5.20. The predicted molar refractivity (Wildman–Crippen MR) is 62.2 cm³/mol. The van der Waals surface area contributed by atoms with Gasteiger partial charge in [-0.05, 0) is 24.6 Å². The summed E-state index contributed by atoms with van der Waals surface area (Å²) in [5.74, 6) is 0.0577. The highest BCUT2D eigenvalue weighted by Crippen LogP contribution is 2.27. The number of hydrogen-bond donors (Lipinski definition) is 3. The number of carbonyl (C=O) groups excluding carboxylic acids is 1. The maximum atomic E-state index is 11.4. The number of amides is 2. The van der Waals surface area contributed by atoms with E-state index in [0.717, 1.165) is 0 Å². The molecule has 2 rings (SSSR count). The van der Waals surface area contributed by atoms with E-state index in [1.807, 2.05) is 0 Å². The summed E-state index contributed by atoms with van der Waals surface area (Å²) in [5, 5.41) is 25.1. The highest BCUT2D eigenvalue weighted by atomic mass is 16.6. The van der Waals surface area contributed by atoms with Crippen LogP contribution < -0.4 is 10.6 Å². The van der Waals surface area contributed by atoms with Gasteiger partial charge in [0, 0.05) is 0 Å². The second-order valence-electron chi connectivity index (χ2n) is 3.89. The van der Waals surface area contributed by atoms with Gasteiger partial charge < -0.3 is 15.7 Å². The third-order valence-electron chi connectivity index (χ3n) is 2.66. The molecule has 7 nitrogen and oxygen atoms in total. The molecule has 0 bridgehead atoms. The average molecular weight is 249 g/mol. The number of hydrogen-bond acceptors (Lipinski definition) is 4. The lowest BCUT2D eigenvalue weighted by molar-refractivity contribution is -0.432. The Balaban J connectivity index is 2.46. The summed E-state index contributed by atoms with van der Waals surface area (Å²) < 4.78 is 0. The molecule has 0 aromatic heterocycles. The molecule has 94 valence electrons. The topological polar surface area (TPSA) is 104 Å². The number of nitrogens with one attached hydrogen (secondary N) is 2. The van der Waals surface area contributed by atoms with E-state index in [-0.39, 0.29) is 17.1 Å². The lowest BCUT2D eigenvalue weighted by atomic mass is 10.0. The van der Waals surface area contributed by atoms with E-state index in [9.17, 15) is 20.0 Å². The van der Waals surface area contributed by atoms with Gasteiger partial charge in [0.25, 0.3) is 5.70 Å². The van der Waals surface area contributed by atoms with Crippen LogP contribution in [0.3, 0.4) is 0 Å². The van der Waals surface area contributed by atoms with Gasteiger partial charge in [0.1, 0.15) is 11.8 Å². The van der Waals surface area contributed by atoms with Crippen molar-refractivity contribution in [2.45, 2.75) is 13.0 Å². The maximum absolute atomic E-state index is 11.4. The van der Waals surface area contributed by atoms with E-state index in [1.165, 1.54) is 31.2 Å². The minimum atomic E-state index is -0.825. The minimum Gasteiger partial charge on any atom is -0.508 e. The summed E-state index contributed by atoms with van der Waals surface area (Å²) in [7, 11) is 0. The number of aromatic hydroxyl groups is 1. The fraction of sp³-hybridized carbons (Fsp3) is 0.182. The van der Waals surface area contributed by atoms with Crippen LogP contribution in [-0.4, -0.2) is 16.1 Å². The van der Waals surface area contributed by atoms with Crippen molar-refractivity contribution >= 4 is 6.03 Å². The number of allylic oxidation sites excluding steroid dienone is 1. The highest BCUT2D eigenvalue weighted by Gasteiger charge is 2.35. The Bertz CT molecular complexity index is 536. The zero-order valence-electron chi connectivity index (χ0n) is 9.51. The van der Waals surface area contributed by atoms with Gasteiger partial charge in [0.05, 0.1) is 10.6 Å². The maximum Gasteiger partial charge on any atom is 0.320 e. The van der Waals surface area contributed by atoms with Crippen LogP contribution in [0, 0.1) is 10.1 Å². The number of nitrogens with zero attached hydrogens (tertiary/aromatic N) is 1. The largest absolute Gasteiger partial charge is 0.508 e. The summed E-state index contributed by atoms with van der Waals surface area (Å²) in [5.41, 5.74) is 0.635. The number of nitro groups is 1. The van der Waals surface area contributed by atoms with Crippen LogP contribution >= 0.6 is 0 Å². The fourth-order valence-electron chi connectivity index (χ4n) is 1.84. The molecule has 0 aliphatic carbocycles. The van der Waals surface area contributed by atoms with Crippen molar-refractivity contribution in [1.29, 1.82) is 0 Å². The predicted octanol–water partition coefficient (Wildman–Crippen LogP) is 1.25. The summed E-state index contributed by atoms with van der Waals surface area (Å²) in [4.78, 5) is 21.9. The Morgan fingerprint density at radius 3 is 2.50 bits per heavy atom. The zero-order valence-corrected chi connectivity index (χ0v) is 9.51. The Hall–Kier alpha value is -2.57. The number of benzene rings is 1. The standard InChI is InChI=1S/C11H11N3O4/c1-6-10(14(17)18)9(13-11(16)12-6)7-2-4-8(15)5-3-7/h2-5,9,15H,1H3,(H2,12,13,16)/t9-/m0/s1. The summed E-state index contributed by atoms with van der Waals surface area (Å²) in [6.45, 7) is 1.48. The van der Waals surface area contributed by atoms with Gasteiger partial charge in [-0.3, -0.25) is 10.1 Å². The van der Waals surface area contributed by atoms with Crippen LogP contribution in [0.2, 0.25) is 0 Å². The Kier molecular flexibility index (Phi) is 2.88. The molecule has 1 aliphatic heterocycles. The molecule has 0 saturated heterocycles. The van der Waals surface area contributed by atoms with E-state index in [2.05, 4.69) is 10.6 Å². The molecule has 7 heteroatoms. The monoisotopic (exact) mass is 249 g/mol. The van der Waals surface area contributed by atoms with Crippen molar-refractivity contribution in [1.82, 2.24) is 10.6 Å². The van der Waals surface area contributed by atoms with Gasteiger partial charge in [0.15, 0.2) is 0 Å². The Morgan fingerprint density at radius 2 is 1.94 bits per heavy atom. The minimum absolute atomic E-state index is 0.0577. The molecule has 1 atom stereocenters. The van der Waals surface area contributed by atoms with Crippen molar-refractivity contribution in [3.05, 3.63) is 51.3 Å². The van der Waals surface area contributed by atoms with Crippen LogP contribution in [-0.2, 0) is 0 Å².